The van der Waals surface area contributed by atoms with Gasteiger partial charge < -0.3 is 14.6 Å². The van der Waals surface area contributed by atoms with Crippen LogP contribution in [0.2, 0.25) is 0 Å². The van der Waals surface area contributed by atoms with Crippen LogP contribution >= 0.6 is 12.2 Å². The first-order valence-electron chi connectivity index (χ1n) is 12.1. The Kier molecular flexibility index (Phi) is 5.77. The molecule has 0 saturated heterocycles. The number of rotatable bonds is 5. The van der Waals surface area contributed by atoms with Crippen LogP contribution in [0, 0.1) is 0 Å². The Balaban J connectivity index is 1.48. The highest BCUT2D eigenvalue weighted by Gasteiger charge is 2.35. The number of methoxy groups -OCH3 is 1. The molecule has 2 aliphatic rings. The van der Waals surface area contributed by atoms with Crippen LogP contribution in [0.25, 0.3) is 17.0 Å². The molecule has 180 valence electrons. The third-order valence-corrected chi connectivity index (χ3v) is 7.26. The van der Waals surface area contributed by atoms with Gasteiger partial charge in [-0.05, 0) is 79.4 Å². The van der Waals surface area contributed by atoms with Gasteiger partial charge in [0.1, 0.15) is 5.75 Å². The van der Waals surface area contributed by atoms with E-state index in [1.165, 1.54) is 17.5 Å². The third kappa shape index (κ3) is 3.95. The SMILES string of the molecule is COc1ccc(C2NC(=S)N(c3ccc4c(c3)CCC4)C(C)=C2c2nc(-c3ccccc3)no2)cc1. The third-order valence-electron chi connectivity index (χ3n) is 6.96. The molecular weight excluding hydrogens is 468 g/mol. The maximum absolute atomic E-state index is 5.91. The minimum absolute atomic E-state index is 0.252. The maximum atomic E-state index is 5.91. The van der Waals surface area contributed by atoms with Crippen molar-refractivity contribution in [3.05, 3.63) is 101 Å². The van der Waals surface area contributed by atoms with E-state index >= 15 is 0 Å². The molecule has 36 heavy (non-hydrogen) atoms. The van der Waals surface area contributed by atoms with Crippen LogP contribution in [0.15, 0.2) is 83.0 Å². The van der Waals surface area contributed by atoms with Gasteiger partial charge >= 0.3 is 0 Å². The van der Waals surface area contributed by atoms with Crippen molar-refractivity contribution < 1.29 is 9.26 Å². The number of hydrogen-bond donors (Lipinski definition) is 1. The lowest BCUT2D eigenvalue weighted by atomic mass is 9.94. The van der Waals surface area contributed by atoms with E-state index in [2.05, 4.69) is 40.5 Å². The molecule has 0 amide bonds. The van der Waals surface area contributed by atoms with Gasteiger partial charge in [0.15, 0.2) is 5.11 Å². The van der Waals surface area contributed by atoms with Crippen molar-refractivity contribution in [2.75, 3.05) is 12.0 Å². The van der Waals surface area contributed by atoms with E-state index < -0.39 is 0 Å². The molecular formula is C29H26N4O2S. The first kappa shape index (κ1) is 22.5. The number of anilines is 1. The largest absolute Gasteiger partial charge is 0.497 e. The number of aryl methyl sites for hydroxylation is 2. The van der Waals surface area contributed by atoms with E-state index in [1.54, 1.807) is 7.11 Å². The summed E-state index contributed by atoms with van der Waals surface area (Å²) in [5, 5.41) is 8.48. The van der Waals surface area contributed by atoms with Crippen LogP contribution in [-0.4, -0.2) is 22.4 Å². The first-order chi connectivity index (χ1) is 17.6. The molecule has 0 spiro atoms. The van der Waals surface area contributed by atoms with Crippen LogP contribution in [0.4, 0.5) is 5.69 Å². The molecule has 1 aromatic heterocycles. The lowest BCUT2D eigenvalue weighted by Gasteiger charge is -2.37. The average Bonchev–Trinajstić information content (AvgIpc) is 3.59. The van der Waals surface area contributed by atoms with E-state index in [0.29, 0.717) is 16.8 Å². The molecule has 1 N–H and O–H groups in total. The number of ether oxygens (including phenoxy) is 1. The van der Waals surface area contributed by atoms with Gasteiger partial charge in [0.25, 0.3) is 5.89 Å². The van der Waals surface area contributed by atoms with E-state index in [0.717, 1.165) is 46.7 Å². The van der Waals surface area contributed by atoms with Gasteiger partial charge in [-0.15, -0.1) is 0 Å². The van der Waals surface area contributed by atoms with Crippen molar-refractivity contribution in [2.24, 2.45) is 0 Å². The zero-order valence-electron chi connectivity index (χ0n) is 20.2. The minimum atomic E-state index is -0.252. The van der Waals surface area contributed by atoms with Gasteiger partial charge in [-0.25, -0.2) is 0 Å². The Morgan fingerprint density at radius 1 is 1.00 bits per heavy atom. The number of benzene rings is 3. The second-order valence-corrected chi connectivity index (χ2v) is 9.47. The molecule has 3 aromatic carbocycles. The Bertz CT molecular complexity index is 1460. The summed E-state index contributed by atoms with van der Waals surface area (Å²) in [6.45, 7) is 2.07. The van der Waals surface area contributed by atoms with Crippen LogP contribution < -0.4 is 15.0 Å². The lowest BCUT2D eigenvalue weighted by molar-refractivity contribution is 0.404. The van der Waals surface area contributed by atoms with Gasteiger partial charge in [-0.1, -0.05) is 53.7 Å². The molecule has 6 rings (SSSR count). The van der Waals surface area contributed by atoms with E-state index in [1.807, 2.05) is 54.6 Å². The van der Waals surface area contributed by atoms with Crippen LogP contribution in [0.5, 0.6) is 5.75 Å². The van der Waals surface area contributed by atoms with Crippen molar-refractivity contribution in [3.8, 4) is 17.1 Å². The molecule has 0 bridgehead atoms. The van der Waals surface area contributed by atoms with Gasteiger partial charge in [-0.2, -0.15) is 4.98 Å². The van der Waals surface area contributed by atoms with E-state index in [9.17, 15) is 0 Å². The second kappa shape index (κ2) is 9.24. The van der Waals surface area contributed by atoms with Crippen molar-refractivity contribution >= 4 is 28.6 Å². The first-order valence-corrected chi connectivity index (χ1v) is 12.5. The van der Waals surface area contributed by atoms with Gasteiger partial charge in [0.2, 0.25) is 5.82 Å². The molecule has 6 nitrogen and oxygen atoms in total. The second-order valence-electron chi connectivity index (χ2n) is 9.09. The Hall–Kier alpha value is -3.97. The summed E-state index contributed by atoms with van der Waals surface area (Å²) >= 11 is 5.91. The molecule has 4 aromatic rings. The molecule has 0 fully saturated rings. The maximum Gasteiger partial charge on any atom is 0.258 e. The highest BCUT2D eigenvalue weighted by Crippen LogP contribution is 2.40. The van der Waals surface area contributed by atoms with E-state index in [4.69, 9.17) is 26.5 Å². The van der Waals surface area contributed by atoms with Crippen molar-refractivity contribution in [1.82, 2.24) is 15.5 Å². The summed E-state index contributed by atoms with van der Waals surface area (Å²) < 4.78 is 11.2. The van der Waals surface area contributed by atoms with Crippen LogP contribution in [0.3, 0.4) is 0 Å². The van der Waals surface area contributed by atoms with E-state index in [-0.39, 0.29) is 6.04 Å². The summed E-state index contributed by atoms with van der Waals surface area (Å²) in [5.74, 6) is 1.81. The number of nitrogens with zero attached hydrogens (tertiary/aromatic N) is 3. The van der Waals surface area contributed by atoms with Crippen LogP contribution in [0.1, 0.15) is 42.0 Å². The molecule has 2 heterocycles. The Morgan fingerprint density at radius 3 is 2.56 bits per heavy atom. The molecule has 1 atom stereocenters. The number of aromatic nitrogens is 2. The molecule has 1 aliphatic heterocycles. The number of hydrogen-bond acceptors (Lipinski definition) is 5. The highest BCUT2D eigenvalue weighted by molar-refractivity contribution is 7.80. The molecule has 1 unspecified atom stereocenters. The summed E-state index contributed by atoms with van der Waals surface area (Å²) in [6.07, 6.45) is 3.44. The molecule has 0 saturated carbocycles. The van der Waals surface area contributed by atoms with Gasteiger partial charge in [-0.3, -0.25) is 4.90 Å². The quantitative estimate of drug-likeness (QED) is 0.336. The summed E-state index contributed by atoms with van der Waals surface area (Å²) in [4.78, 5) is 6.88. The van der Waals surface area contributed by atoms with Crippen LogP contribution in [-0.2, 0) is 12.8 Å². The van der Waals surface area contributed by atoms with Crippen molar-refractivity contribution in [3.63, 3.8) is 0 Å². The normalized spacial score (nSPS) is 17.2. The zero-order valence-corrected chi connectivity index (χ0v) is 21.0. The Labute approximate surface area is 215 Å². The number of nitrogens with one attached hydrogen (secondary N) is 1. The lowest BCUT2D eigenvalue weighted by Crippen LogP contribution is -2.46. The molecule has 1 aliphatic carbocycles. The predicted octanol–water partition coefficient (Wildman–Crippen LogP) is 6.10. The van der Waals surface area contributed by atoms with Gasteiger partial charge in [0.05, 0.1) is 18.7 Å². The summed E-state index contributed by atoms with van der Waals surface area (Å²) in [7, 11) is 1.66. The van der Waals surface area contributed by atoms with Crippen molar-refractivity contribution in [2.45, 2.75) is 32.2 Å². The topological polar surface area (TPSA) is 63.4 Å². The number of fused-ring (bicyclic) bond motifs is 1. The smallest absolute Gasteiger partial charge is 0.258 e. The molecule has 7 heteroatoms. The fraction of sp³-hybridized carbons (Fsp3) is 0.207. The van der Waals surface area contributed by atoms with Crippen molar-refractivity contribution in [1.29, 1.82) is 0 Å². The standard InChI is InChI=1S/C29H26N4O2S/c1-18-25(28-31-27(32-35-28)21-7-4-3-5-8-21)26(20-12-15-24(34-2)16-13-20)30-29(36)33(18)23-14-11-19-9-6-10-22(19)17-23/h3-5,7-8,11-17,26H,6,9-10H2,1-2H3,(H,30,36). The zero-order chi connectivity index (χ0) is 24.6. The predicted molar refractivity (Wildman–Crippen MR) is 145 cm³/mol. The minimum Gasteiger partial charge on any atom is -0.497 e. The number of allylic oxidation sites excluding steroid dienone is 1. The van der Waals surface area contributed by atoms with Gasteiger partial charge in [0, 0.05) is 16.9 Å². The average molecular weight is 495 g/mol. The highest BCUT2D eigenvalue weighted by atomic mass is 32.1. The number of thiocarbonyl (C=S) groups is 1. The fourth-order valence-electron chi connectivity index (χ4n) is 5.11. The Morgan fingerprint density at radius 2 is 1.78 bits per heavy atom. The summed E-state index contributed by atoms with van der Waals surface area (Å²) in [6, 6.07) is 24.2. The fourth-order valence-corrected chi connectivity index (χ4v) is 5.47. The molecule has 0 radical (unpaired) electrons. The summed E-state index contributed by atoms with van der Waals surface area (Å²) in [5.41, 5.74) is 7.65. The monoisotopic (exact) mass is 494 g/mol.